The van der Waals surface area contributed by atoms with E-state index < -0.39 is 0 Å². The maximum Gasteiger partial charge on any atom is 0.152 e. The van der Waals surface area contributed by atoms with Crippen molar-refractivity contribution in [2.24, 2.45) is 0 Å². The van der Waals surface area contributed by atoms with E-state index in [0.29, 0.717) is 0 Å². The molecule has 0 aliphatic heterocycles. The molecule has 0 aliphatic rings. The first-order chi connectivity index (χ1) is 7.72. The van der Waals surface area contributed by atoms with Crippen LogP contribution in [-0.4, -0.2) is 19.4 Å². The van der Waals surface area contributed by atoms with Crippen molar-refractivity contribution in [1.82, 2.24) is 0 Å². The van der Waals surface area contributed by atoms with Gasteiger partial charge in [-0.15, -0.1) is 0 Å². The van der Waals surface area contributed by atoms with Crippen LogP contribution in [-0.2, 0) is 0 Å². The summed E-state index contributed by atoms with van der Waals surface area (Å²) in [6.45, 7) is 6.29. The van der Waals surface area contributed by atoms with Gasteiger partial charge in [0.15, 0.2) is 6.29 Å². The van der Waals surface area contributed by atoms with Crippen molar-refractivity contribution in [2.45, 2.75) is 26.7 Å². The van der Waals surface area contributed by atoms with Crippen LogP contribution in [0.2, 0.25) is 0 Å². The molecule has 88 valence electrons. The molecular formula is C13H18BrNO. The quantitative estimate of drug-likeness (QED) is 0.739. The molecule has 1 rings (SSSR count). The van der Waals surface area contributed by atoms with Crippen molar-refractivity contribution >= 4 is 27.9 Å². The minimum absolute atomic E-state index is 0.769. The van der Waals surface area contributed by atoms with Crippen LogP contribution in [0, 0.1) is 0 Å². The third-order valence-corrected chi connectivity index (χ3v) is 2.94. The fourth-order valence-corrected chi connectivity index (χ4v) is 2.13. The van der Waals surface area contributed by atoms with Gasteiger partial charge < -0.3 is 4.90 Å². The molecule has 0 heterocycles. The van der Waals surface area contributed by atoms with Crippen LogP contribution in [0.5, 0.6) is 0 Å². The SMILES string of the molecule is CCCN(CCC)c1cc(Br)ccc1C=O. The molecule has 1 aromatic rings. The highest BCUT2D eigenvalue weighted by atomic mass is 79.9. The summed E-state index contributed by atoms with van der Waals surface area (Å²) in [6.07, 6.45) is 3.11. The summed E-state index contributed by atoms with van der Waals surface area (Å²) in [5.41, 5.74) is 1.80. The second kappa shape index (κ2) is 6.69. The van der Waals surface area contributed by atoms with Crippen molar-refractivity contribution in [3.63, 3.8) is 0 Å². The Morgan fingerprint density at radius 2 is 1.88 bits per heavy atom. The van der Waals surface area contributed by atoms with Crippen LogP contribution in [0.4, 0.5) is 5.69 Å². The van der Waals surface area contributed by atoms with Gasteiger partial charge in [0, 0.05) is 28.8 Å². The van der Waals surface area contributed by atoms with E-state index in [1.807, 2.05) is 18.2 Å². The maximum atomic E-state index is 11.0. The Hall–Kier alpha value is -0.830. The number of anilines is 1. The Balaban J connectivity index is 3.04. The molecule has 0 amide bonds. The lowest BCUT2D eigenvalue weighted by atomic mass is 10.1. The minimum atomic E-state index is 0.769. The number of carbonyl (C=O) groups excluding carboxylic acids is 1. The smallest absolute Gasteiger partial charge is 0.152 e. The normalized spacial score (nSPS) is 10.2. The third kappa shape index (κ3) is 3.34. The fraction of sp³-hybridized carbons (Fsp3) is 0.462. The Labute approximate surface area is 106 Å². The molecule has 0 saturated carbocycles. The van der Waals surface area contributed by atoms with Crippen LogP contribution >= 0.6 is 15.9 Å². The van der Waals surface area contributed by atoms with Crippen molar-refractivity contribution in [3.05, 3.63) is 28.2 Å². The summed E-state index contributed by atoms with van der Waals surface area (Å²) >= 11 is 3.45. The molecule has 0 bridgehead atoms. The second-order valence-corrected chi connectivity index (χ2v) is 4.72. The highest BCUT2D eigenvalue weighted by Crippen LogP contribution is 2.24. The van der Waals surface area contributed by atoms with E-state index in [0.717, 1.165) is 47.9 Å². The van der Waals surface area contributed by atoms with E-state index in [9.17, 15) is 4.79 Å². The van der Waals surface area contributed by atoms with Gasteiger partial charge in [0.1, 0.15) is 0 Å². The topological polar surface area (TPSA) is 20.3 Å². The average Bonchev–Trinajstić information content (AvgIpc) is 2.29. The minimum Gasteiger partial charge on any atom is -0.371 e. The molecule has 1 aromatic carbocycles. The lowest BCUT2D eigenvalue weighted by Crippen LogP contribution is -2.25. The van der Waals surface area contributed by atoms with Gasteiger partial charge in [0.25, 0.3) is 0 Å². The van der Waals surface area contributed by atoms with Gasteiger partial charge in [-0.25, -0.2) is 0 Å². The molecular weight excluding hydrogens is 266 g/mol. The predicted molar refractivity (Wildman–Crippen MR) is 72.3 cm³/mol. The van der Waals surface area contributed by atoms with Crippen LogP contribution in [0.25, 0.3) is 0 Å². The molecule has 0 saturated heterocycles. The zero-order valence-electron chi connectivity index (χ0n) is 9.87. The maximum absolute atomic E-state index is 11.0. The monoisotopic (exact) mass is 283 g/mol. The Kier molecular flexibility index (Phi) is 5.53. The van der Waals surface area contributed by atoms with Crippen molar-refractivity contribution in [1.29, 1.82) is 0 Å². The first-order valence-electron chi connectivity index (χ1n) is 5.72. The molecule has 3 heteroatoms. The molecule has 0 spiro atoms. The van der Waals surface area contributed by atoms with E-state index in [4.69, 9.17) is 0 Å². The number of halogens is 1. The molecule has 16 heavy (non-hydrogen) atoms. The van der Waals surface area contributed by atoms with E-state index in [2.05, 4.69) is 34.7 Å². The summed E-state index contributed by atoms with van der Waals surface area (Å²) in [5.74, 6) is 0. The van der Waals surface area contributed by atoms with Gasteiger partial charge in [0.05, 0.1) is 0 Å². The summed E-state index contributed by atoms with van der Waals surface area (Å²) in [7, 11) is 0. The molecule has 0 unspecified atom stereocenters. The highest BCUT2D eigenvalue weighted by molar-refractivity contribution is 9.10. The van der Waals surface area contributed by atoms with E-state index in [-0.39, 0.29) is 0 Å². The molecule has 2 nitrogen and oxygen atoms in total. The number of hydrogen-bond donors (Lipinski definition) is 0. The highest BCUT2D eigenvalue weighted by Gasteiger charge is 2.09. The molecule has 0 radical (unpaired) electrons. The zero-order chi connectivity index (χ0) is 12.0. The number of hydrogen-bond acceptors (Lipinski definition) is 2. The number of rotatable bonds is 6. The molecule has 0 aromatic heterocycles. The van der Waals surface area contributed by atoms with Crippen LogP contribution in [0.15, 0.2) is 22.7 Å². The fourth-order valence-electron chi connectivity index (χ4n) is 1.78. The van der Waals surface area contributed by atoms with E-state index >= 15 is 0 Å². The molecule has 0 atom stereocenters. The Bertz CT molecular complexity index is 346. The first kappa shape index (κ1) is 13.2. The largest absolute Gasteiger partial charge is 0.371 e. The third-order valence-electron chi connectivity index (χ3n) is 2.45. The van der Waals surface area contributed by atoms with Crippen LogP contribution in [0.3, 0.4) is 0 Å². The number of aldehydes is 1. The van der Waals surface area contributed by atoms with Gasteiger partial charge in [-0.05, 0) is 31.0 Å². The predicted octanol–water partition coefficient (Wildman–Crippen LogP) is 3.89. The second-order valence-electron chi connectivity index (χ2n) is 3.81. The number of carbonyl (C=O) groups is 1. The van der Waals surface area contributed by atoms with Gasteiger partial charge in [-0.2, -0.15) is 0 Å². The van der Waals surface area contributed by atoms with Crippen LogP contribution in [0.1, 0.15) is 37.0 Å². The van der Waals surface area contributed by atoms with Crippen molar-refractivity contribution in [3.8, 4) is 0 Å². The number of nitrogens with zero attached hydrogens (tertiary/aromatic N) is 1. The van der Waals surface area contributed by atoms with E-state index in [1.54, 1.807) is 0 Å². The first-order valence-corrected chi connectivity index (χ1v) is 6.51. The average molecular weight is 284 g/mol. The lowest BCUT2D eigenvalue weighted by molar-refractivity contribution is 0.112. The molecule has 0 aliphatic carbocycles. The summed E-state index contributed by atoms with van der Waals surface area (Å²) < 4.78 is 1.02. The molecule has 0 N–H and O–H groups in total. The van der Waals surface area contributed by atoms with Crippen molar-refractivity contribution < 1.29 is 4.79 Å². The summed E-state index contributed by atoms with van der Waals surface area (Å²) in [5, 5.41) is 0. The van der Waals surface area contributed by atoms with Gasteiger partial charge in [-0.3, -0.25) is 4.79 Å². The lowest BCUT2D eigenvalue weighted by Gasteiger charge is -2.25. The van der Waals surface area contributed by atoms with Gasteiger partial charge >= 0.3 is 0 Å². The van der Waals surface area contributed by atoms with Crippen LogP contribution < -0.4 is 4.90 Å². The van der Waals surface area contributed by atoms with E-state index in [1.165, 1.54) is 0 Å². The van der Waals surface area contributed by atoms with Gasteiger partial charge in [-0.1, -0.05) is 29.8 Å². The van der Waals surface area contributed by atoms with Gasteiger partial charge in [0.2, 0.25) is 0 Å². The zero-order valence-corrected chi connectivity index (χ0v) is 11.5. The summed E-state index contributed by atoms with van der Waals surface area (Å²) in [6, 6.07) is 5.79. The van der Waals surface area contributed by atoms with Crippen molar-refractivity contribution in [2.75, 3.05) is 18.0 Å². The Morgan fingerprint density at radius 3 is 2.38 bits per heavy atom. The summed E-state index contributed by atoms with van der Waals surface area (Å²) in [4.78, 5) is 13.3. The number of benzene rings is 1. The molecule has 0 fully saturated rings. The Morgan fingerprint density at radius 1 is 1.25 bits per heavy atom. The standard InChI is InChI=1S/C13H18BrNO/c1-3-7-15(8-4-2)13-9-12(14)6-5-11(13)10-16/h5-6,9-10H,3-4,7-8H2,1-2H3.